The molecule has 108 valence electrons. The number of furan rings is 1. The maximum absolute atomic E-state index is 11.9. The average Bonchev–Trinajstić information content (AvgIpc) is 2.90. The van der Waals surface area contributed by atoms with E-state index in [2.05, 4.69) is 5.32 Å². The molecule has 0 aliphatic heterocycles. The summed E-state index contributed by atoms with van der Waals surface area (Å²) in [6, 6.07) is 6.62. The van der Waals surface area contributed by atoms with Gasteiger partial charge in [-0.3, -0.25) is 14.9 Å². The van der Waals surface area contributed by atoms with Crippen LogP contribution in [0.25, 0.3) is 0 Å². The lowest BCUT2D eigenvalue weighted by Crippen LogP contribution is -2.14. The lowest BCUT2D eigenvalue weighted by Gasteiger charge is -2.07. The molecule has 0 atom stereocenters. The van der Waals surface area contributed by atoms with Gasteiger partial charge in [-0.25, -0.2) is 4.79 Å². The molecule has 1 amide bonds. The van der Waals surface area contributed by atoms with Crippen LogP contribution in [0.3, 0.4) is 0 Å². The Bertz CT molecular complexity index is 739. The van der Waals surface area contributed by atoms with Gasteiger partial charge in [-0.1, -0.05) is 0 Å². The maximum atomic E-state index is 11.9. The van der Waals surface area contributed by atoms with Crippen molar-refractivity contribution in [3.8, 4) is 0 Å². The van der Waals surface area contributed by atoms with Crippen molar-refractivity contribution in [2.24, 2.45) is 0 Å². The zero-order valence-electron chi connectivity index (χ0n) is 10.2. The fraction of sp³-hybridized carbons (Fsp3) is 0. The predicted octanol–water partition coefficient (Wildman–Crippen LogP) is 2.74. The minimum Gasteiger partial charge on any atom is -0.478 e. The van der Waals surface area contributed by atoms with E-state index in [4.69, 9.17) is 9.52 Å². The van der Waals surface area contributed by atoms with Crippen LogP contribution in [0.2, 0.25) is 0 Å². The second kappa shape index (κ2) is 5.91. The Morgan fingerprint density at radius 1 is 1.29 bits per heavy atom. The third-order valence-corrected chi connectivity index (χ3v) is 3.13. The van der Waals surface area contributed by atoms with Crippen molar-refractivity contribution in [2.75, 3.05) is 5.32 Å². The monoisotopic (exact) mass is 402 g/mol. The van der Waals surface area contributed by atoms with Crippen molar-refractivity contribution in [1.29, 1.82) is 0 Å². The number of nitrogens with one attached hydrogen (secondary N) is 1. The first-order valence-electron chi connectivity index (χ1n) is 5.47. The minimum atomic E-state index is -1.20. The van der Waals surface area contributed by atoms with Gasteiger partial charge in [-0.05, 0) is 46.9 Å². The van der Waals surface area contributed by atoms with Gasteiger partial charge in [0.25, 0.3) is 5.91 Å². The summed E-state index contributed by atoms with van der Waals surface area (Å²) in [6.45, 7) is 0. The van der Waals surface area contributed by atoms with E-state index >= 15 is 0 Å². The van der Waals surface area contributed by atoms with E-state index in [1.165, 1.54) is 12.1 Å². The van der Waals surface area contributed by atoms with Crippen molar-refractivity contribution in [3.05, 3.63) is 55.3 Å². The van der Waals surface area contributed by atoms with Crippen molar-refractivity contribution < 1.29 is 24.0 Å². The molecule has 2 rings (SSSR count). The number of halogens is 1. The van der Waals surface area contributed by atoms with Gasteiger partial charge in [0.1, 0.15) is 4.92 Å². The Labute approximate surface area is 131 Å². The van der Waals surface area contributed by atoms with Crippen LogP contribution in [-0.4, -0.2) is 21.9 Å². The molecular weight excluding hydrogens is 395 g/mol. The largest absolute Gasteiger partial charge is 0.478 e. The molecule has 0 unspecified atom stereocenters. The van der Waals surface area contributed by atoms with E-state index in [1.807, 2.05) is 22.6 Å². The molecular formula is C12H7IN2O6. The molecule has 2 aromatic rings. The van der Waals surface area contributed by atoms with Crippen LogP contribution in [-0.2, 0) is 0 Å². The summed E-state index contributed by atoms with van der Waals surface area (Å²) < 4.78 is 5.43. The fourth-order valence-corrected chi connectivity index (χ4v) is 2.03. The van der Waals surface area contributed by atoms with Crippen LogP contribution in [0.1, 0.15) is 20.9 Å². The lowest BCUT2D eigenvalue weighted by atomic mass is 10.2. The van der Waals surface area contributed by atoms with Crippen molar-refractivity contribution >= 4 is 46.0 Å². The number of hydrogen-bond acceptors (Lipinski definition) is 5. The maximum Gasteiger partial charge on any atom is 0.433 e. The van der Waals surface area contributed by atoms with E-state index < -0.39 is 22.7 Å². The van der Waals surface area contributed by atoms with Crippen LogP contribution in [0.5, 0.6) is 0 Å². The Balaban J connectivity index is 2.27. The normalized spacial score (nSPS) is 10.1. The van der Waals surface area contributed by atoms with E-state index in [1.54, 1.807) is 6.07 Å². The molecule has 0 spiro atoms. The molecule has 0 fully saturated rings. The third-order valence-electron chi connectivity index (χ3n) is 2.46. The second-order valence-corrected chi connectivity index (χ2v) is 5.09. The van der Waals surface area contributed by atoms with E-state index in [0.29, 0.717) is 3.57 Å². The summed E-state index contributed by atoms with van der Waals surface area (Å²) in [5, 5.41) is 21.9. The number of nitro groups is 1. The molecule has 0 saturated heterocycles. The molecule has 2 N–H and O–H groups in total. The number of rotatable bonds is 4. The SMILES string of the molecule is O=C(Nc1ccc(I)cc1C(=O)O)c1ccc([N+](=O)[O-])o1. The lowest BCUT2D eigenvalue weighted by molar-refractivity contribution is -0.402. The van der Waals surface area contributed by atoms with Gasteiger partial charge in [0.05, 0.1) is 17.3 Å². The van der Waals surface area contributed by atoms with E-state index in [-0.39, 0.29) is 17.0 Å². The highest BCUT2D eigenvalue weighted by Gasteiger charge is 2.19. The standard InChI is InChI=1S/C12H7IN2O6/c13-6-1-2-8(7(5-6)12(17)18)14-11(16)9-3-4-10(21-9)15(19)20/h1-5H,(H,14,16)(H,17,18). The number of hydrogen-bond donors (Lipinski definition) is 2. The topological polar surface area (TPSA) is 123 Å². The van der Waals surface area contributed by atoms with Crippen molar-refractivity contribution in [2.45, 2.75) is 0 Å². The molecule has 0 aliphatic rings. The molecule has 0 radical (unpaired) electrons. The number of nitrogens with zero attached hydrogens (tertiary/aromatic N) is 1. The fourth-order valence-electron chi connectivity index (χ4n) is 1.53. The first-order chi connectivity index (χ1) is 9.88. The first-order valence-corrected chi connectivity index (χ1v) is 6.55. The molecule has 8 nitrogen and oxygen atoms in total. The number of carbonyl (C=O) groups excluding carboxylic acids is 1. The third kappa shape index (κ3) is 3.37. The highest BCUT2D eigenvalue weighted by Crippen LogP contribution is 2.21. The number of carbonyl (C=O) groups is 2. The molecule has 1 aromatic heterocycles. The summed E-state index contributed by atoms with van der Waals surface area (Å²) in [4.78, 5) is 32.7. The van der Waals surface area contributed by atoms with E-state index in [9.17, 15) is 19.7 Å². The zero-order valence-corrected chi connectivity index (χ0v) is 12.4. The molecule has 0 bridgehead atoms. The smallest absolute Gasteiger partial charge is 0.433 e. The Hall–Kier alpha value is -2.43. The Kier molecular flexibility index (Phi) is 4.21. The molecule has 1 heterocycles. The average molecular weight is 402 g/mol. The van der Waals surface area contributed by atoms with Gasteiger partial charge in [0.15, 0.2) is 5.76 Å². The second-order valence-electron chi connectivity index (χ2n) is 3.84. The summed E-state index contributed by atoms with van der Waals surface area (Å²) in [5.74, 6) is -2.82. The summed E-state index contributed by atoms with van der Waals surface area (Å²) in [5.41, 5.74) is -0.0109. The zero-order chi connectivity index (χ0) is 15.6. The summed E-state index contributed by atoms with van der Waals surface area (Å²) >= 11 is 1.94. The van der Waals surface area contributed by atoms with Gasteiger partial charge < -0.3 is 14.8 Å². The van der Waals surface area contributed by atoms with Crippen LogP contribution in [0.15, 0.2) is 34.7 Å². The molecule has 21 heavy (non-hydrogen) atoms. The van der Waals surface area contributed by atoms with Crippen LogP contribution < -0.4 is 5.32 Å². The summed E-state index contributed by atoms with van der Waals surface area (Å²) in [7, 11) is 0. The molecule has 0 aliphatic carbocycles. The Morgan fingerprint density at radius 2 is 2.00 bits per heavy atom. The number of anilines is 1. The van der Waals surface area contributed by atoms with Gasteiger partial charge >= 0.3 is 11.9 Å². The number of benzene rings is 1. The Morgan fingerprint density at radius 3 is 2.57 bits per heavy atom. The summed E-state index contributed by atoms with van der Waals surface area (Å²) in [6.07, 6.45) is 0. The number of aromatic carboxylic acids is 1. The number of amides is 1. The molecule has 1 aromatic carbocycles. The van der Waals surface area contributed by atoms with Crippen LogP contribution in [0, 0.1) is 13.7 Å². The van der Waals surface area contributed by atoms with Crippen molar-refractivity contribution in [3.63, 3.8) is 0 Å². The first kappa shape index (κ1) is 15.0. The predicted molar refractivity (Wildman–Crippen MR) is 79.4 cm³/mol. The van der Waals surface area contributed by atoms with Gasteiger partial charge in [0.2, 0.25) is 0 Å². The van der Waals surface area contributed by atoms with Crippen molar-refractivity contribution in [1.82, 2.24) is 0 Å². The highest BCUT2D eigenvalue weighted by molar-refractivity contribution is 14.1. The van der Waals surface area contributed by atoms with E-state index in [0.717, 1.165) is 12.1 Å². The quantitative estimate of drug-likeness (QED) is 0.461. The molecule has 0 saturated carbocycles. The molecule has 9 heteroatoms. The minimum absolute atomic E-state index is 0.0759. The van der Waals surface area contributed by atoms with Gasteiger partial charge in [0, 0.05) is 3.57 Å². The van der Waals surface area contributed by atoms with Gasteiger partial charge in [-0.2, -0.15) is 0 Å². The van der Waals surface area contributed by atoms with Gasteiger partial charge in [-0.15, -0.1) is 0 Å². The van der Waals surface area contributed by atoms with Crippen LogP contribution in [0.4, 0.5) is 11.6 Å². The number of carboxylic acids is 1. The highest BCUT2D eigenvalue weighted by atomic mass is 127. The number of carboxylic acid groups (broad SMARTS) is 1. The van der Waals surface area contributed by atoms with Crippen LogP contribution >= 0.6 is 22.6 Å².